The predicted molar refractivity (Wildman–Crippen MR) is 126 cm³/mol. The zero-order valence-electron chi connectivity index (χ0n) is 18.8. The Morgan fingerprint density at radius 1 is 1.06 bits per heavy atom. The molecule has 0 aliphatic carbocycles. The Morgan fingerprint density at radius 3 is 2.45 bits per heavy atom. The summed E-state index contributed by atoms with van der Waals surface area (Å²) in [5.74, 6) is 0.180. The van der Waals surface area contributed by atoms with Crippen LogP contribution in [0.3, 0.4) is 0 Å². The molecule has 2 aromatic carbocycles. The van der Waals surface area contributed by atoms with Crippen molar-refractivity contribution in [3.8, 4) is 17.1 Å². The van der Waals surface area contributed by atoms with E-state index in [4.69, 9.17) is 4.74 Å². The fourth-order valence-electron chi connectivity index (χ4n) is 3.96. The fourth-order valence-corrected chi connectivity index (χ4v) is 5.00. The van der Waals surface area contributed by atoms with Crippen LogP contribution < -0.4 is 9.46 Å². The van der Waals surface area contributed by atoms with Gasteiger partial charge in [-0.25, -0.2) is 18.1 Å². The molecule has 0 saturated carbocycles. The zero-order chi connectivity index (χ0) is 23.6. The van der Waals surface area contributed by atoms with Crippen LogP contribution in [0.5, 0.6) is 5.88 Å². The van der Waals surface area contributed by atoms with Gasteiger partial charge in [-0.1, -0.05) is 30.3 Å². The van der Waals surface area contributed by atoms with Gasteiger partial charge in [0, 0.05) is 24.6 Å². The van der Waals surface area contributed by atoms with Gasteiger partial charge in [-0.15, -0.1) is 0 Å². The summed E-state index contributed by atoms with van der Waals surface area (Å²) >= 11 is 0. The van der Waals surface area contributed by atoms with E-state index >= 15 is 0 Å². The molecule has 0 spiro atoms. The molecule has 1 N–H and O–H groups in total. The number of nitrogens with one attached hydrogen (secondary N) is 1. The number of benzene rings is 2. The quantitative estimate of drug-likeness (QED) is 0.535. The smallest absolute Gasteiger partial charge is 0.264 e. The van der Waals surface area contributed by atoms with Crippen LogP contribution in [-0.4, -0.2) is 48.9 Å². The minimum atomic E-state index is -3.90. The molecule has 1 atom stereocenters. The van der Waals surface area contributed by atoms with Gasteiger partial charge in [-0.05, 0) is 49.6 Å². The van der Waals surface area contributed by atoms with Crippen molar-refractivity contribution in [2.24, 2.45) is 0 Å². The van der Waals surface area contributed by atoms with Gasteiger partial charge in [0.1, 0.15) is 6.10 Å². The van der Waals surface area contributed by atoms with Gasteiger partial charge >= 0.3 is 0 Å². The maximum Gasteiger partial charge on any atom is 0.264 e. The zero-order valence-corrected chi connectivity index (χ0v) is 19.6. The second-order valence-corrected chi connectivity index (χ2v) is 9.92. The maximum absolute atomic E-state index is 13.0. The average molecular weight is 467 g/mol. The highest BCUT2D eigenvalue weighted by Crippen LogP contribution is 2.30. The molecule has 172 valence electrons. The van der Waals surface area contributed by atoms with Crippen molar-refractivity contribution in [1.82, 2.24) is 14.9 Å². The van der Waals surface area contributed by atoms with Crippen LogP contribution in [0.15, 0.2) is 53.4 Å². The first kappa shape index (κ1) is 22.7. The summed E-state index contributed by atoms with van der Waals surface area (Å²) < 4.78 is 34.5. The topological polar surface area (TPSA) is 101 Å². The lowest BCUT2D eigenvalue weighted by atomic mass is 10.00. The summed E-state index contributed by atoms with van der Waals surface area (Å²) in [6.45, 7) is 6.83. The molecule has 0 unspecified atom stereocenters. The molecule has 33 heavy (non-hydrogen) atoms. The van der Waals surface area contributed by atoms with E-state index in [0.717, 1.165) is 28.7 Å². The SMILES string of the molecule is Cc1cccc(S(=O)(=O)Nc2nc(O[C@H]3CCN(C=O)C3)cc(-c3c(C)cccc3C)n2)c1. The van der Waals surface area contributed by atoms with Crippen LogP contribution in [0.25, 0.3) is 11.3 Å². The Bertz CT molecular complexity index is 1270. The molecule has 3 aromatic rings. The van der Waals surface area contributed by atoms with Gasteiger partial charge in [0.15, 0.2) is 0 Å². The van der Waals surface area contributed by atoms with Gasteiger partial charge in [0.25, 0.3) is 10.0 Å². The number of likely N-dealkylation sites (tertiary alicyclic amines) is 1. The summed E-state index contributed by atoms with van der Waals surface area (Å²) in [5, 5.41) is 0. The number of carbonyl (C=O) groups is 1. The van der Waals surface area contributed by atoms with Gasteiger partial charge < -0.3 is 9.64 Å². The number of ether oxygens (including phenoxy) is 1. The molecule has 0 bridgehead atoms. The molecular weight excluding hydrogens is 440 g/mol. The highest BCUT2D eigenvalue weighted by Gasteiger charge is 2.25. The first-order valence-corrected chi connectivity index (χ1v) is 12.1. The molecule has 1 aromatic heterocycles. The molecule has 4 rings (SSSR count). The molecule has 1 aliphatic rings. The second kappa shape index (κ2) is 9.19. The van der Waals surface area contributed by atoms with Gasteiger partial charge in [0.05, 0.1) is 17.1 Å². The third kappa shape index (κ3) is 5.14. The third-order valence-electron chi connectivity index (χ3n) is 5.58. The summed E-state index contributed by atoms with van der Waals surface area (Å²) in [6, 6.07) is 14.2. The molecular formula is C24H26N4O4S. The third-order valence-corrected chi connectivity index (χ3v) is 6.90. The van der Waals surface area contributed by atoms with Crippen LogP contribution in [0.4, 0.5) is 5.95 Å². The number of amides is 1. The number of aromatic nitrogens is 2. The minimum absolute atomic E-state index is 0.0723. The average Bonchev–Trinajstić information content (AvgIpc) is 3.21. The number of anilines is 1. The van der Waals surface area contributed by atoms with Crippen molar-refractivity contribution in [3.63, 3.8) is 0 Å². The Labute approximate surface area is 193 Å². The molecule has 9 heteroatoms. The first-order chi connectivity index (χ1) is 15.7. The van der Waals surface area contributed by atoms with E-state index < -0.39 is 10.0 Å². The largest absolute Gasteiger partial charge is 0.472 e. The molecule has 0 radical (unpaired) electrons. The number of hydrogen-bond acceptors (Lipinski definition) is 6. The fraction of sp³-hybridized carbons (Fsp3) is 0.292. The second-order valence-electron chi connectivity index (χ2n) is 8.23. The van der Waals surface area contributed by atoms with Crippen LogP contribution in [-0.2, 0) is 14.8 Å². The number of rotatable bonds is 7. The highest BCUT2D eigenvalue weighted by molar-refractivity contribution is 7.92. The van der Waals surface area contributed by atoms with E-state index in [0.29, 0.717) is 25.2 Å². The summed E-state index contributed by atoms with van der Waals surface area (Å²) in [6.07, 6.45) is 1.25. The van der Waals surface area contributed by atoms with Crippen molar-refractivity contribution in [2.75, 3.05) is 17.8 Å². The van der Waals surface area contributed by atoms with E-state index in [1.54, 1.807) is 23.1 Å². The van der Waals surface area contributed by atoms with Crippen molar-refractivity contribution >= 4 is 22.4 Å². The maximum atomic E-state index is 13.0. The Kier molecular flexibility index (Phi) is 6.33. The number of sulfonamides is 1. The number of aryl methyl sites for hydroxylation is 3. The molecule has 8 nitrogen and oxygen atoms in total. The summed E-state index contributed by atoms with van der Waals surface area (Å²) in [4.78, 5) is 21.7. The molecule has 1 amide bonds. The van der Waals surface area contributed by atoms with Crippen molar-refractivity contribution in [2.45, 2.75) is 38.2 Å². The van der Waals surface area contributed by atoms with Crippen molar-refractivity contribution < 1.29 is 17.9 Å². The van der Waals surface area contributed by atoms with Crippen molar-refractivity contribution in [1.29, 1.82) is 0 Å². The van der Waals surface area contributed by atoms with Gasteiger partial charge in [-0.3, -0.25) is 4.79 Å². The summed E-state index contributed by atoms with van der Waals surface area (Å²) in [7, 11) is -3.90. The Hall–Kier alpha value is -3.46. The lowest BCUT2D eigenvalue weighted by Crippen LogP contribution is -2.24. The lowest BCUT2D eigenvalue weighted by Gasteiger charge is -2.16. The van der Waals surface area contributed by atoms with E-state index in [2.05, 4.69) is 14.7 Å². The minimum Gasteiger partial charge on any atom is -0.472 e. The van der Waals surface area contributed by atoms with Crippen LogP contribution >= 0.6 is 0 Å². The number of nitrogens with zero attached hydrogens (tertiary/aromatic N) is 3. The monoisotopic (exact) mass is 466 g/mol. The lowest BCUT2D eigenvalue weighted by molar-refractivity contribution is -0.117. The normalized spacial score (nSPS) is 16.0. The van der Waals surface area contributed by atoms with Gasteiger partial charge in [0.2, 0.25) is 18.2 Å². The van der Waals surface area contributed by atoms with Crippen LogP contribution in [0, 0.1) is 20.8 Å². The molecule has 1 fully saturated rings. The Balaban J connectivity index is 1.73. The molecule has 1 saturated heterocycles. The highest BCUT2D eigenvalue weighted by atomic mass is 32.2. The standard InChI is InChI=1S/C24H26N4O4S/c1-16-6-4-9-20(12-16)33(30,31)27-24-25-21(23-17(2)7-5-8-18(23)3)13-22(26-24)32-19-10-11-28(14-19)15-29/h4-9,12-13,15,19H,10-11,14H2,1-3H3,(H,25,26,27)/t19-/m0/s1. The summed E-state index contributed by atoms with van der Waals surface area (Å²) in [5.41, 5.74) is 4.28. The van der Waals surface area contributed by atoms with Crippen LogP contribution in [0.1, 0.15) is 23.1 Å². The van der Waals surface area contributed by atoms with E-state index in [-0.39, 0.29) is 22.8 Å². The number of carbonyl (C=O) groups excluding carboxylic acids is 1. The predicted octanol–water partition coefficient (Wildman–Crippen LogP) is 3.48. The van der Waals surface area contributed by atoms with Gasteiger partial charge in [-0.2, -0.15) is 4.98 Å². The molecule has 1 aliphatic heterocycles. The van der Waals surface area contributed by atoms with E-state index in [9.17, 15) is 13.2 Å². The van der Waals surface area contributed by atoms with E-state index in [1.165, 1.54) is 6.07 Å². The van der Waals surface area contributed by atoms with E-state index in [1.807, 2.05) is 45.0 Å². The van der Waals surface area contributed by atoms with Crippen LogP contribution in [0.2, 0.25) is 0 Å². The number of hydrogen-bond donors (Lipinski definition) is 1. The first-order valence-electron chi connectivity index (χ1n) is 10.7. The molecule has 2 heterocycles. The Morgan fingerprint density at radius 2 is 1.79 bits per heavy atom. The van der Waals surface area contributed by atoms with Crippen molar-refractivity contribution in [3.05, 3.63) is 65.2 Å².